The Morgan fingerprint density at radius 3 is 2.45 bits per heavy atom. The van der Waals surface area contributed by atoms with Crippen LogP contribution in [0.3, 0.4) is 0 Å². The first kappa shape index (κ1) is 15.6. The number of benzene rings is 1. The molecule has 3 rings (SSSR count). The second kappa shape index (κ2) is 6.06. The van der Waals surface area contributed by atoms with Crippen LogP contribution in [0.4, 0.5) is 0 Å². The summed E-state index contributed by atoms with van der Waals surface area (Å²) >= 11 is 0. The van der Waals surface area contributed by atoms with Gasteiger partial charge in [0, 0.05) is 38.8 Å². The van der Waals surface area contributed by atoms with Crippen molar-refractivity contribution in [3.05, 3.63) is 18.2 Å². The molecule has 7 heteroatoms. The molecule has 0 atom stereocenters. The van der Waals surface area contributed by atoms with Gasteiger partial charge >= 0.3 is 0 Å². The zero-order chi connectivity index (χ0) is 15.7. The number of ether oxygens (including phenoxy) is 2. The van der Waals surface area contributed by atoms with E-state index >= 15 is 0 Å². The number of fused-ring (bicyclic) bond motifs is 1. The van der Waals surface area contributed by atoms with Gasteiger partial charge in [-0.25, -0.2) is 8.42 Å². The summed E-state index contributed by atoms with van der Waals surface area (Å²) in [6, 6.07) is 4.80. The Balaban J connectivity index is 1.71. The Hall–Kier alpha value is -1.31. The molecule has 0 radical (unpaired) electrons. The molecule has 122 valence electrons. The summed E-state index contributed by atoms with van der Waals surface area (Å²) < 4.78 is 37.5. The van der Waals surface area contributed by atoms with E-state index in [4.69, 9.17) is 9.47 Å². The van der Waals surface area contributed by atoms with Crippen LogP contribution in [0.1, 0.15) is 13.8 Å². The smallest absolute Gasteiger partial charge is 0.243 e. The highest BCUT2D eigenvalue weighted by molar-refractivity contribution is 7.89. The van der Waals surface area contributed by atoms with E-state index < -0.39 is 10.0 Å². The van der Waals surface area contributed by atoms with Gasteiger partial charge < -0.3 is 14.4 Å². The lowest BCUT2D eigenvalue weighted by Gasteiger charge is -2.34. The van der Waals surface area contributed by atoms with Gasteiger partial charge in [-0.3, -0.25) is 0 Å². The minimum absolute atomic E-state index is 0.146. The SMILES string of the molecule is CC(C)CN1CCN(S(=O)(=O)c2ccc3c(c2)OCO3)CC1. The lowest BCUT2D eigenvalue weighted by molar-refractivity contribution is 0.172. The maximum Gasteiger partial charge on any atom is 0.243 e. The third-order valence-electron chi connectivity index (χ3n) is 3.94. The monoisotopic (exact) mass is 326 g/mol. The van der Waals surface area contributed by atoms with Crippen molar-refractivity contribution >= 4 is 10.0 Å². The van der Waals surface area contributed by atoms with E-state index in [9.17, 15) is 8.42 Å². The number of nitrogens with zero attached hydrogens (tertiary/aromatic N) is 2. The van der Waals surface area contributed by atoms with Gasteiger partial charge in [-0.1, -0.05) is 13.8 Å². The van der Waals surface area contributed by atoms with Crippen molar-refractivity contribution in [2.45, 2.75) is 18.7 Å². The molecular formula is C15H22N2O4S. The molecule has 2 heterocycles. The average Bonchev–Trinajstić information content (AvgIpc) is 2.94. The molecule has 0 amide bonds. The van der Waals surface area contributed by atoms with E-state index in [0.29, 0.717) is 30.5 Å². The minimum Gasteiger partial charge on any atom is -0.454 e. The fourth-order valence-corrected chi connectivity index (χ4v) is 4.29. The quantitative estimate of drug-likeness (QED) is 0.836. The van der Waals surface area contributed by atoms with Crippen LogP contribution in [0.2, 0.25) is 0 Å². The standard InChI is InChI=1S/C15H22N2O4S/c1-12(2)10-16-5-7-17(8-6-16)22(18,19)13-3-4-14-15(9-13)21-11-20-14/h3-4,9,12H,5-8,10-11H2,1-2H3. The lowest BCUT2D eigenvalue weighted by atomic mass is 10.2. The summed E-state index contributed by atoms with van der Waals surface area (Å²) in [5.74, 6) is 1.69. The molecular weight excluding hydrogens is 304 g/mol. The highest BCUT2D eigenvalue weighted by Crippen LogP contribution is 2.34. The molecule has 2 aliphatic rings. The minimum atomic E-state index is -3.46. The summed E-state index contributed by atoms with van der Waals surface area (Å²) in [4.78, 5) is 2.59. The highest BCUT2D eigenvalue weighted by atomic mass is 32.2. The van der Waals surface area contributed by atoms with Gasteiger partial charge in [0.1, 0.15) is 0 Å². The molecule has 0 N–H and O–H groups in total. The van der Waals surface area contributed by atoms with Crippen LogP contribution in [-0.4, -0.2) is 57.1 Å². The molecule has 6 nitrogen and oxygen atoms in total. The van der Waals surface area contributed by atoms with Crippen molar-refractivity contribution < 1.29 is 17.9 Å². The van der Waals surface area contributed by atoms with Gasteiger partial charge in [0.15, 0.2) is 11.5 Å². The number of sulfonamides is 1. The first-order chi connectivity index (χ1) is 10.5. The molecule has 0 aliphatic carbocycles. The zero-order valence-electron chi connectivity index (χ0n) is 13.0. The summed E-state index contributed by atoms with van der Waals surface area (Å²) in [6.07, 6.45) is 0. The van der Waals surface area contributed by atoms with Gasteiger partial charge in [0.05, 0.1) is 4.90 Å². The Labute approximate surface area is 131 Å². The van der Waals surface area contributed by atoms with Gasteiger partial charge in [0.25, 0.3) is 0 Å². The van der Waals surface area contributed by atoms with Crippen LogP contribution in [-0.2, 0) is 10.0 Å². The summed E-state index contributed by atoms with van der Waals surface area (Å²) in [7, 11) is -3.46. The van der Waals surface area contributed by atoms with Crippen LogP contribution in [0.25, 0.3) is 0 Å². The van der Waals surface area contributed by atoms with E-state index in [1.54, 1.807) is 22.5 Å². The van der Waals surface area contributed by atoms with Crippen LogP contribution < -0.4 is 9.47 Å². The Kier molecular flexibility index (Phi) is 4.29. The molecule has 2 aliphatic heterocycles. The van der Waals surface area contributed by atoms with Crippen LogP contribution in [0.5, 0.6) is 11.5 Å². The molecule has 0 saturated carbocycles. The Bertz CT molecular complexity index is 637. The van der Waals surface area contributed by atoms with Crippen LogP contribution in [0.15, 0.2) is 23.1 Å². The summed E-state index contributed by atoms with van der Waals surface area (Å²) in [5, 5.41) is 0. The van der Waals surface area contributed by atoms with Crippen molar-refractivity contribution in [3.63, 3.8) is 0 Å². The second-order valence-electron chi connectivity index (χ2n) is 6.11. The predicted octanol–water partition coefficient (Wildman–Crippen LogP) is 1.38. The molecule has 1 fully saturated rings. The number of rotatable bonds is 4. The zero-order valence-corrected chi connectivity index (χ0v) is 13.8. The van der Waals surface area contributed by atoms with Gasteiger partial charge in [0.2, 0.25) is 16.8 Å². The fraction of sp³-hybridized carbons (Fsp3) is 0.600. The molecule has 22 heavy (non-hydrogen) atoms. The van der Waals surface area contributed by atoms with Crippen LogP contribution in [0, 0.1) is 5.92 Å². The van der Waals surface area contributed by atoms with Crippen molar-refractivity contribution in [2.24, 2.45) is 5.92 Å². The third-order valence-corrected chi connectivity index (χ3v) is 5.83. The first-order valence-corrected chi connectivity index (χ1v) is 9.03. The van der Waals surface area contributed by atoms with Gasteiger partial charge in [-0.15, -0.1) is 0 Å². The van der Waals surface area contributed by atoms with E-state index in [1.165, 1.54) is 0 Å². The van der Waals surface area contributed by atoms with E-state index in [-0.39, 0.29) is 11.7 Å². The van der Waals surface area contributed by atoms with Crippen LogP contribution >= 0.6 is 0 Å². The largest absolute Gasteiger partial charge is 0.454 e. The Morgan fingerprint density at radius 2 is 1.77 bits per heavy atom. The van der Waals surface area contributed by atoms with Crippen molar-refractivity contribution in [1.82, 2.24) is 9.21 Å². The highest BCUT2D eigenvalue weighted by Gasteiger charge is 2.30. The van der Waals surface area contributed by atoms with E-state index in [1.807, 2.05) is 0 Å². The fourth-order valence-electron chi connectivity index (χ4n) is 2.86. The maximum absolute atomic E-state index is 12.7. The normalized spacial score (nSPS) is 19.8. The number of hydrogen-bond donors (Lipinski definition) is 0. The Morgan fingerprint density at radius 1 is 1.09 bits per heavy atom. The topological polar surface area (TPSA) is 59.1 Å². The second-order valence-corrected chi connectivity index (χ2v) is 8.05. The van der Waals surface area contributed by atoms with Gasteiger partial charge in [-0.05, 0) is 18.1 Å². The molecule has 1 saturated heterocycles. The van der Waals surface area contributed by atoms with Gasteiger partial charge in [-0.2, -0.15) is 4.31 Å². The van der Waals surface area contributed by atoms with Crippen molar-refractivity contribution in [2.75, 3.05) is 39.5 Å². The summed E-state index contributed by atoms with van der Waals surface area (Å²) in [6.45, 7) is 8.13. The number of hydrogen-bond acceptors (Lipinski definition) is 5. The molecule has 0 unspecified atom stereocenters. The lowest BCUT2D eigenvalue weighted by Crippen LogP contribution is -2.49. The predicted molar refractivity (Wildman–Crippen MR) is 82.6 cm³/mol. The average molecular weight is 326 g/mol. The molecule has 1 aromatic rings. The third kappa shape index (κ3) is 3.06. The van der Waals surface area contributed by atoms with Crippen molar-refractivity contribution in [3.8, 4) is 11.5 Å². The maximum atomic E-state index is 12.7. The van der Waals surface area contributed by atoms with Crippen molar-refractivity contribution in [1.29, 1.82) is 0 Å². The summed E-state index contributed by atoms with van der Waals surface area (Å²) in [5.41, 5.74) is 0. The molecule has 0 aromatic heterocycles. The number of piperazine rings is 1. The molecule has 0 bridgehead atoms. The first-order valence-electron chi connectivity index (χ1n) is 7.59. The molecule has 1 aromatic carbocycles. The van der Waals surface area contributed by atoms with E-state index in [0.717, 1.165) is 19.6 Å². The molecule has 0 spiro atoms. The van der Waals surface area contributed by atoms with E-state index in [2.05, 4.69) is 18.7 Å².